The monoisotopic (exact) mass is 911 g/mol. The second kappa shape index (κ2) is 21.9. The molecule has 11 rings (SSSR count). The number of Topliss-reactive ketones (excluding diaryl/α,β-unsaturated/α-hetero) is 2. The highest BCUT2D eigenvalue weighted by molar-refractivity contribution is 5.87. The van der Waals surface area contributed by atoms with Crippen molar-refractivity contribution in [2.45, 2.75) is 255 Å². The first-order chi connectivity index (χ1) is 31.4. The Labute approximate surface area is 406 Å². The average Bonchev–Trinajstić information content (AvgIpc) is 4.14. The molecular weight excluding hydrogens is 809 g/mol. The maximum Gasteiger partial charge on any atom is 0.139 e. The normalized spacial score (nSPS) is 48.4. The van der Waals surface area contributed by atoms with Crippen molar-refractivity contribution >= 4 is 11.6 Å². The third-order valence-electron chi connectivity index (χ3n) is 23.0. The van der Waals surface area contributed by atoms with Crippen molar-refractivity contribution in [3.63, 3.8) is 0 Å². The van der Waals surface area contributed by atoms with Gasteiger partial charge in [-0.1, -0.05) is 83.4 Å². The number of hydrogen-bond acceptors (Lipinski definition) is 4. The van der Waals surface area contributed by atoms with Gasteiger partial charge < -0.3 is 10.2 Å². The Balaban J connectivity index is 0.000000135. The summed E-state index contributed by atoms with van der Waals surface area (Å²) in [6.45, 7) is 23.2. The summed E-state index contributed by atoms with van der Waals surface area (Å²) in [6, 6.07) is 0. The zero-order chi connectivity index (χ0) is 47.6. The van der Waals surface area contributed by atoms with Crippen LogP contribution in [0.1, 0.15) is 243 Å². The minimum atomic E-state index is -0.0541. The van der Waals surface area contributed by atoms with E-state index in [9.17, 15) is 19.8 Å². The first-order valence-electron chi connectivity index (χ1n) is 28.8. The van der Waals surface area contributed by atoms with Gasteiger partial charge in [0.05, 0.1) is 12.2 Å². The molecule has 11 aliphatic rings. The SMILES string of the molecule is C/C=C1/CCC2C3CC[C@H]4C[C@H](O)CC[C@]4(C)C3CC[C@]12C.C/C=C1/CCC[C@H]1C.C/C=C1/CCC[C@H]1C.C[C@@H]1CCCC1=O.C[C@]12CCC3C(CC[C@H]4C[C@H](O)CC[C@]34C)C1CCC2=O. The molecule has 0 amide bonds. The van der Waals surface area contributed by atoms with E-state index in [1.165, 1.54) is 109 Å². The van der Waals surface area contributed by atoms with Gasteiger partial charge in [0.2, 0.25) is 0 Å². The number of fused-ring (bicyclic) bond motifs is 10. The third kappa shape index (κ3) is 10.4. The van der Waals surface area contributed by atoms with Crippen LogP contribution in [0.5, 0.6) is 0 Å². The molecule has 11 saturated carbocycles. The second-order valence-corrected chi connectivity index (χ2v) is 26.0. The molecule has 0 spiro atoms. The van der Waals surface area contributed by atoms with E-state index in [4.69, 9.17) is 0 Å². The maximum atomic E-state index is 12.4. The number of aliphatic hydroxyl groups excluding tert-OH is 2. The molecule has 4 heteroatoms. The van der Waals surface area contributed by atoms with Gasteiger partial charge in [-0.2, -0.15) is 0 Å². The van der Waals surface area contributed by atoms with Gasteiger partial charge in [-0.05, 0) is 257 Å². The highest BCUT2D eigenvalue weighted by Crippen LogP contribution is 2.68. The molecule has 4 nitrogen and oxygen atoms in total. The molecule has 11 fully saturated rings. The Hall–Kier alpha value is -1.52. The van der Waals surface area contributed by atoms with Gasteiger partial charge in [0.15, 0.2) is 0 Å². The zero-order valence-electron chi connectivity index (χ0n) is 44.5. The van der Waals surface area contributed by atoms with Crippen molar-refractivity contribution in [1.29, 1.82) is 0 Å². The van der Waals surface area contributed by atoms with E-state index in [1.807, 2.05) is 6.92 Å². The van der Waals surface area contributed by atoms with Crippen molar-refractivity contribution in [2.24, 2.45) is 86.8 Å². The number of ketones is 2. The van der Waals surface area contributed by atoms with Crippen LogP contribution in [-0.4, -0.2) is 34.0 Å². The van der Waals surface area contributed by atoms with E-state index in [1.54, 1.807) is 16.7 Å². The molecule has 11 aliphatic carbocycles. The number of allylic oxidation sites excluding steroid dienone is 6. The fraction of sp³-hybridized carbons (Fsp3) is 0.871. The van der Waals surface area contributed by atoms with Gasteiger partial charge in [0.25, 0.3) is 0 Å². The highest BCUT2D eigenvalue weighted by atomic mass is 16.3. The molecule has 6 unspecified atom stereocenters. The van der Waals surface area contributed by atoms with Crippen LogP contribution < -0.4 is 0 Å². The molecule has 0 aromatic heterocycles. The molecular formula is C62H102O4. The Kier molecular flexibility index (Phi) is 17.3. The van der Waals surface area contributed by atoms with E-state index in [0.29, 0.717) is 39.6 Å². The summed E-state index contributed by atoms with van der Waals surface area (Å²) in [5.41, 5.74) is 6.61. The Morgan fingerprint density at radius 1 is 0.455 bits per heavy atom. The molecule has 66 heavy (non-hydrogen) atoms. The smallest absolute Gasteiger partial charge is 0.139 e. The van der Waals surface area contributed by atoms with Gasteiger partial charge in [0, 0.05) is 24.2 Å². The summed E-state index contributed by atoms with van der Waals surface area (Å²) in [5.74, 6) is 9.79. The summed E-state index contributed by atoms with van der Waals surface area (Å²) in [7, 11) is 0. The summed E-state index contributed by atoms with van der Waals surface area (Å²) in [6.07, 6.45) is 40.5. The van der Waals surface area contributed by atoms with Crippen molar-refractivity contribution in [3.05, 3.63) is 34.9 Å². The predicted octanol–water partition coefficient (Wildman–Crippen LogP) is 16.2. The number of hydrogen-bond donors (Lipinski definition) is 2. The lowest BCUT2D eigenvalue weighted by molar-refractivity contribution is -0.142. The minimum Gasteiger partial charge on any atom is -0.393 e. The maximum absolute atomic E-state index is 12.4. The fourth-order valence-corrected chi connectivity index (χ4v) is 18.5. The van der Waals surface area contributed by atoms with E-state index in [2.05, 4.69) is 80.5 Å². The number of aliphatic hydroxyl groups is 2. The molecule has 2 N–H and O–H groups in total. The second-order valence-electron chi connectivity index (χ2n) is 26.0. The van der Waals surface area contributed by atoms with Crippen molar-refractivity contribution in [2.75, 3.05) is 0 Å². The molecule has 374 valence electrons. The van der Waals surface area contributed by atoms with Crippen LogP contribution in [0, 0.1) is 86.8 Å². The Morgan fingerprint density at radius 2 is 0.909 bits per heavy atom. The number of carbonyl (C=O) groups is 2. The van der Waals surface area contributed by atoms with E-state index >= 15 is 0 Å². The van der Waals surface area contributed by atoms with Crippen LogP contribution in [0.15, 0.2) is 34.9 Å². The van der Waals surface area contributed by atoms with Crippen molar-refractivity contribution in [3.8, 4) is 0 Å². The lowest BCUT2D eigenvalue weighted by Gasteiger charge is -2.60. The lowest BCUT2D eigenvalue weighted by Crippen LogP contribution is -2.54. The summed E-state index contributed by atoms with van der Waals surface area (Å²) in [4.78, 5) is 23.0. The molecule has 0 aliphatic heterocycles. The highest BCUT2D eigenvalue weighted by Gasteiger charge is 2.61. The largest absolute Gasteiger partial charge is 0.393 e. The first-order valence-corrected chi connectivity index (χ1v) is 28.8. The van der Waals surface area contributed by atoms with Gasteiger partial charge >= 0.3 is 0 Å². The Morgan fingerprint density at radius 3 is 1.30 bits per heavy atom. The molecule has 0 saturated heterocycles. The fourth-order valence-electron chi connectivity index (χ4n) is 18.5. The van der Waals surface area contributed by atoms with Crippen LogP contribution in [0.4, 0.5) is 0 Å². The number of rotatable bonds is 0. The van der Waals surface area contributed by atoms with Crippen LogP contribution in [0.25, 0.3) is 0 Å². The van der Waals surface area contributed by atoms with Crippen molar-refractivity contribution in [1.82, 2.24) is 0 Å². The minimum absolute atomic E-state index is 0.00964. The predicted molar refractivity (Wildman–Crippen MR) is 276 cm³/mol. The zero-order valence-corrected chi connectivity index (χ0v) is 44.5. The average molecular weight is 911 g/mol. The first kappa shape index (κ1) is 52.3. The van der Waals surface area contributed by atoms with Gasteiger partial charge in [-0.3, -0.25) is 9.59 Å². The van der Waals surface area contributed by atoms with E-state index < -0.39 is 0 Å². The summed E-state index contributed by atoms with van der Waals surface area (Å²) in [5, 5.41) is 20.1. The van der Waals surface area contributed by atoms with Crippen LogP contribution in [0.2, 0.25) is 0 Å². The van der Waals surface area contributed by atoms with Crippen molar-refractivity contribution < 1.29 is 19.8 Å². The molecule has 0 radical (unpaired) electrons. The van der Waals surface area contributed by atoms with Crippen LogP contribution in [0.3, 0.4) is 0 Å². The van der Waals surface area contributed by atoms with E-state index in [-0.39, 0.29) is 17.6 Å². The lowest BCUT2D eigenvalue weighted by atomic mass is 9.45. The van der Waals surface area contributed by atoms with E-state index in [0.717, 1.165) is 117 Å². The molecule has 0 heterocycles. The van der Waals surface area contributed by atoms with Gasteiger partial charge in [-0.25, -0.2) is 0 Å². The topological polar surface area (TPSA) is 74.6 Å². The molecule has 0 bridgehead atoms. The number of carbonyl (C=O) groups excluding carboxylic acids is 2. The molecule has 17 atom stereocenters. The molecule has 0 aromatic rings. The summed E-state index contributed by atoms with van der Waals surface area (Å²) < 4.78 is 0. The summed E-state index contributed by atoms with van der Waals surface area (Å²) >= 11 is 0. The third-order valence-corrected chi connectivity index (χ3v) is 23.0. The van der Waals surface area contributed by atoms with Gasteiger partial charge in [0.1, 0.15) is 11.6 Å². The standard InChI is InChI=1S/C21H34O.C19H30O2.2C8H14.C6H10O/c1-4-14-6-8-18-17-7-5-15-13-16(22)9-11-21(15,3)19(17)10-12-20(14,18)2;1-18-9-7-13(20)11-12(18)3-4-14-15-5-6-17(21)19(15,2)10-8-16(14)18;2*1-3-8-6-4-5-7(8)2;1-5-3-2-4-6(5)7/h4,15-19,22H,5-13H2,1-3H3;12-16,20H,3-11H2,1-2H3;2*3,7H,4-6H2,1-2H3;5H,2-4H2,1H3/b14-4-;;2*8-3-;/t15-,16+,17?,18?,19?,20+,21-;12-,13+,14?,15?,16?,18-,19-;2*7-;5-/m00111/s1. The van der Waals surface area contributed by atoms with Crippen LogP contribution >= 0.6 is 0 Å². The van der Waals surface area contributed by atoms with Gasteiger partial charge in [-0.15, -0.1) is 0 Å². The van der Waals surface area contributed by atoms with Crippen LogP contribution in [-0.2, 0) is 9.59 Å². The Bertz CT molecular complexity index is 1730. The quantitative estimate of drug-likeness (QED) is 0.238. The molecule has 0 aromatic carbocycles.